The number of alkyl halides is 10. The fourth-order valence-electron chi connectivity index (χ4n) is 2.37. The van der Waals surface area contributed by atoms with Crippen LogP contribution < -0.4 is 0 Å². The molecule has 0 aliphatic rings. The van der Waals surface area contributed by atoms with Crippen molar-refractivity contribution in [3.8, 4) is 0 Å². The summed E-state index contributed by atoms with van der Waals surface area (Å²) in [6, 6.07) is 0. The van der Waals surface area contributed by atoms with Gasteiger partial charge in [0.2, 0.25) is 0 Å². The third kappa shape index (κ3) is 13.6. The highest BCUT2D eigenvalue weighted by Crippen LogP contribution is 2.38. The Morgan fingerprint density at radius 3 is 1.42 bits per heavy atom. The fraction of sp³-hybridized carbons (Fsp3) is 1.00. The summed E-state index contributed by atoms with van der Waals surface area (Å²) in [4.78, 5) is 0. The van der Waals surface area contributed by atoms with E-state index in [1.54, 1.807) is 0 Å². The van der Waals surface area contributed by atoms with Crippen LogP contribution in [0.2, 0.25) is 0 Å². The molecule has 2 N–H and O–H groups in total. The summed E-state index contributed by atoms with van der Waals surface area (Å²) in [5, 5.41) is 18.6. The Bertz CT molecular complexity index is 588. The second kappa shape index (κ2) is 15.5. The molecular formula is C20H32F10O6. The van der Waals surface area contributed by atoms with Crippen LogP contribution in [0.4, 0.5) is 43.9 Å². The summed E-state index contributed by atoms with van der Waals surface area (Å²) in [6.07, 6.45) is -14.1. The van der Waals surface area contributed by atoms with Gasteiger partial charge in [-0.3, -0.25) is 0 Å². The molecule has 0 saturated heterocycles. The predicted octanol–water partition coefficient (Wildman–Crippen LogP) is 4.23. The van der Waals surface area contributed by atoms with Crippen molar-refractivity contribution >= 4 is 0 Å². The van der Waals surface area contributed by atoms with Gasteiger partial charge in [0.1, 0.15) is 0 Å². The third-order valence-corrected chi connectivity index (χ3v) is 4.78. The van der Waals surface area contributed by atoms with Crippen LogP contribution in [0.25, 0.3) is 0 Å². The average molecular weight is 558 g/mol. The normalized spacial score (nSPS) is 16.2. The number of hydrogen-bond donors (Lipinski definition) is 2. The highest BCUT2D eigenvalue weighted by atomic mass is 19.4. The molecule has 0 aromatic carbocycles. The molecule has 0 aliphatic heterocycles. The maximum absolute atomic E-state index is 12.8. The third-order valence-electron chi connectivity index (χ3n) is 4.78. The van der Waals surface area contributed by atoms with E-state index in [9.17, 15) is 54.1 Å². The van der Waals surface area contributed by atoms with Crippen LogP contribution in [-0.4, -0.2) is 100 Å². The molecule has 0 rings (SSSR count). The zero-order chi connectivity index (χ0) is 28.1. The van der Waals surface area contributed by atoms with Crippen molar-refractivity contribution in [2.75, 3.05) is 66.1 Å². The second-order valence-electron chi connectivity index (χ2n) is 8.53. The largest absolute Gasteiger partial charge is 0.453 e. The SMILES string of the molecule is CC(CO)(COCCCOCC(CO)COCCC(F)(F)C(F)(F)F)COCCC(F)(F)C(F)(F)F. The molecule has 0 aliphatic carbocycles. The van der Waals surface area contributed by atoms with Crippen molar-refractivity contribution in [1.82, 2.24) is 0 Å². The highest BCUT2D eigenvalue weighted by Gasteiger charge is 2.57. The van der Waals surface area contributed by atoms with Gasteiger partial charge in [-0.05, 0) is 6.42 Å². The predicted molar refractivity (Wildman–Crippen MR) is 105 cm³/mol. The van der Waals surface area contributed by atoms with Crippen molar-refractivity contribution in [1.29, 1.82) is 0 Å². The first kappa shape index (κ1) is 35.1. The summed E-state index contributed by atoms with van der Waals surface area (Å²) in [6.45, 7) is -1.82. The van der Waals surface area contributed by atoms with Crippen LogP contribution in [0.5, 0.6) is 0 Å². The van der Waals surface area contributed by atoms with E-state index in [0.717, 1.165) is 0 Å². The Labute approximate surface area is 201 Å². The van der Waals surface area contributed by atoms with Crippen molar-refractivity contribution in [3.63, 3.8) is 0 Å². The van der Waals surface area contributed by atoms with Crippen LogP contribution >= 0.6 is 0 Å². The maximum Gasteiger partial charge on any atom is 0.453 e. The Hall–Kier alpha value is -0.940. The number of aliphatic hydroxyl groups is 2. The van der Waals surface area contributed by atoms with Crippen LogP contribution in [0.15, 0.2) is 0 Å². The summed E-state index contributed by atoms with van der Waals surface area (Å²) >= 11 is 0. The molecule has 36 heavy (non-hydrogen) atoms. The summed E-state index contributed by atoms with van der Waals surface area (Å²) < 4.78 is 144. The molecule has 2 unspecified atom stereocenters. The molecule has 16 heteroatoms. The number of aliphatic hydroxyl groups excluding tert-OH is 2. The van der Waals surface area contributed by atoms with Gasteiger partial charge in [0.15, 0.2) is 0 Å². The first-order valence-corrected chi connectivity index (χ1v) is 10.8. The van der Waals surface area contributed by atoms with E-state index in [1.807, 2.05) is 0 Å². The van der Waals surface area contributed by atoms with Gasteiger partial charge in [-0.1, -0.05) is 6.92 Å². The number of halogens is 10. The lowest BCUT2D eigenvalue weighted by molar-refractivity contribution is -0.287. The van der Waals surface area contributed by atoms with E-state index in [2.05, 4.69) is 0 Å². The van der Waals surface area contributed by atoms with Crippen molar-refractivity contribution in [3.05, 3.63) is 0 Å². The molecule has 0 amide bonds. The van der Waals surface area contributed by atoms with Gasteiger partial charge < -0.3 is 29.2 Å². The number of ether oxygens (including phenoxy) is 4. The second-order valence-corrected chi connectivity index (χ2v) is 8.53. The van der Waals surface area contributed by atoms with Gasteiger partial charge >= 0.3 is 24.2 Å². The summed E-state index contributed by atoms with van der Waals surface area (Å²) in [7, 11) is 0. The molecule has 2 atom stereocenters. The molecular weight excluding hydrogens is 526 g/mol. The molecule has 0 aromatic rings. The zero-order valence-electron chi connectivity index (χ0n) is 19.6. The fourth-order valence-corrected chi connectivity index (χ4v) is 2.37. The van der Waals surface area contributed by atoms with Crippen LogP contribution in [0.3, 0.4) is 0 Å². The lowest BCUT2D eigenvalue weighted by Gasteiger charge is -2.27. The Morgan fingerprint density at radius 1 is 0.611 bits per heavy atom. The van der Waals surface area contributed by atoms with E-state index in [4.69, 9.17) is 18.9 Å². The van der Waals surface area contributed by atoms with Crippen molar-refractivity contribution < 1.29 is 73.1 Å². The molecule has 0 fully saturated rings. The van der Waals surface area contributed by atoms with Crippen LogP contribution in [-0.2, 0) is 18.9 Å². The summed E-state index contributed by atoms with van der Waals surface area (Å²) in [5.41, 5.74) is -1.06. The summed E-state index contributed by atoms with van der Waals surface area (Å²) in [5.74, 6) is -10.4. The van der Waals surface area contributed by atoms with E-state index in [1.165, 1.54) is 6.92 Å². The maximum atomic E-state index is 12.8. The Balaban J connectivity index is 4.02. The minimum absolute atomic E-state index is 0.0725. The molecule has 0 aromatic heterocycles. The molecule has 6 nitrogen and oxygen atoms in total. The standard InChI is InChI=1S/C20H32F10O6/c1-16(12-32,14-36-8-4-18(23,24)20(28,29)30)13-35-6-2-5-33-10-15(9-31)11-34-7-3-17(21,22)19(25,26)27/h15,31-32H,2-14H2,1H3. The van der Waals surface area contributed by atoms with E-state index < -0.39 is 74.8 Å². The molecule has 0 heterocycles. The van der Waals surface area contributed by atoms with Gasteiger partial charge in [0, 0.05) is 37.4 Å². The van der Waals surface area contributed by atoms with Gasteiger partial charge in [-0.15, -0.1) is 0 Å². The molecule has 0 bridgehead atoms. The van der Waals surface area contributed by atoms with Crippen molar-refractivity contribution in [2.24, 2.45) is 11.3 Å². The minimum Gasteiger partial charge on any atom is -0.396 e. The molecule has 218 valence electrons. The molecule has 0 spiro atoms. The van der Waals surface area contributed by atoms with E-state index in [0.29, 0.717) is 6.42 Å². The Morgan fingerprint density at radius 2 is 1.00 bits per heavy atom. The van der Waals surface area contributed by atoms with Crippen molar-refractivity contribution in [2.45, 2.75) is 50.4 Å². The molecule has 0 radical (unpaired) electrons. The lowest BCUT2D eigenvalue weighted by Crippen LogP contribution is -2.38. The van der Waals surface area contributed by atoms with E-state index >= 15 is 0 Å². The van der Waals surface area contributed by atoms with E-state index in [-0.39, 0.29) is 39.6 Å². The topological polar surface area (TPSA) is 77.4 Å². The first-order valence-electron chi connectivity index (χ1n) is 10.8. The lowest BCUT2D eigenvalue weighted by atomic mass is 9.94. The molecule has 0 saturated carbocycles. The van der Waals surface area contributed by atoms with Gasteiger partial charge in [-0.2, -0.15) is 43.9 Å². The van der Waals surface area contributed by atoms with Gasteiger partial charge in [0.05, 0.1) is 52.9 Å². The van der Waals surface area contributed by atoms with Crippen LogP contribution in [0, 0.1) is 11.3 Å². The minimum atomic E-state index is -5.68. The number of hydrogen-bond acceptors (Lipinski definition) is 6. The first-order chi connectivity index (χ1) is 16.4. The smallest absolute Gasteiger partial charge is 0.396 e. The van der Waals surface area contributed by atoms with Gasteiger partial charge in [0.25, 0.3) is 0 Å². The number of rotatable bonds is 20. The monoisotopic (exact) mass is 558 g/mol. The highest BCUT2D eigenvalue weighted by molar-refractivity contribution is 4.77. The Kier molecular flexibility index (Phi) is 15.1. The van der Waals surface area contributed by atoms with Crippen LogP contribution in [0.1, 0.15) is 26.2 Å². The average Bonchev–Trinajstić information content (AvgIpc) is 2.76. The van der Waals surface area contributed by atoms with Gasteiger partial charge in [-0.25, -0.2) is 0 Å². The zero-order valence-corrected chi connectivity index (χ0v) is 19.6. The quantitative estimate of drug-likeness (QED) is 0.172.